The molecular formula is C11H16N2S2. The summed E-state index contributed by atoms with van der Waals surface area (Å²) < 4.78 is 0. The predicted octanol–water partition coefficient (Wildman–Crippen LogP) is 2.54. The maximum absolute atomic E-state index is 5.83. The Balaban J connectivity index is 2.20. The third kappa shape index (κ3) is 2.55. The number of thioether (sulfide) groups is 2. The standard InChI is InChI=1S/C11H16N2S2/c1-14-6-4-13-5-7-15-11-3-2-9(12)8-10(11)13/h2-3,8H,4-7,12H2,1H3. The number of benzene rings is 1. The largest absolute Gasteiger partial charge is 0.399 e. The Morgan fingerprint density at radius 1 is 1.53 bits per heavy atom. The van der Waals surface area contributed by atoms with Crippen molar-refractivity contribution < 1.29 is 0 Å². The molecule has 4 heteroatoms. The monoisotopic (exact) mass is 240 g/mol. The highest BCUT2D eigenvalue weighted by atomic mass is 32.2. The third-order valence-corrected chi connectivity index (χ3v) is 4.14. The number of nitrogens with zero attached hydrogens (tertiary/aromatic N) is 1. The van der Waals surface area contributed by atoms with E-state index in [1.165, 1.54) is 22.1 Å². The second-order valence-corrected chi connectivity index (χ2v) is 5.68. The van der Waals surface area contributed by atoms with E-state index < -0.39 is 0 Å². The fraction of sp³-hybridized carbons (Fsp3) is 0.455. The van der Waals surface area contributed by atoms with Crippen LogP contribution in [0.1, 0.15) is 0 Å². The van der Waals surface area contributed by atoms with Crippen molar-refractivity contribution >= 4 is 34.9 Å². The van der Waals surface area contributed by atoms with Gasteiger partial charge in [0.2, 0.25) is 0 Å². The van der Waals surface area contributed by atoms with Gasteiger partial charge in [0.25, 0.3) is 0 Å². The summed E-state index contributed by atoms with van der Waals surface area (Å²) in [6.45, 7) is 2.26. The van der Waals surface area contributed by atoms with Crippen LogP contribution in [0.2, 0.25) is 0 Å². The van der Waals surface area contributed by atoms with E-state index in [2.05, 4.69) is 23.3 Å². The average molecular weight is 240 g/mol. The number of hydrogen-bond acceptors (Lipinski definition) is 4. The highest BCUT2D eigenvalue weighted by Crippen LogP contribution is 2.35. The highest BCUT2D eigenvalue weighted by molar-refractivity contribution is 7.99. The Morgan fingerprint density at radius 2 is 2.40 bits per heavy atom. The first-order valence-electron chi connectivity index (χ1n) is 5.07. The van der Waals surface area contributed by atoms with Gasteiger partial charge in [-0.1, -0.05) is 0 Å². The third-order valence-electron chi connectivity index (χ3n) is 2.51. The quantitative estimate of drug-likeness (QED) is 0.822. The lowest BCUT2D eigenvalue weighted by atomic mass is 10.2. The van der Waals surface area contributed by atoms with Crippen LogP contribution in [-0.4, -0.2) is 30.9 Å². The van der Waals surface area contributed by atoms with Gasteiger partial charge in [0.15, 0.2) is 0 Å². The molecule has 1 aliphatic rings. The van der Waals surface area contributed by atoms with Gasteiger partial charge in [-0.15, -0.1) is 11.8 Å². The van der Waals surface area contributed by atoms with Crippen molar-refractivity contribution in [3.8, 4) is 0 Å². The van der Waals surface area contributed by atoms with E-state index in [-0.39, 0.29) is 0 Å². The van der Waals surface area contributed by atoms with Crippen molar-refractivity contribution in [2.24, 2.45) is 0 Å². The van der Waals surface area contributed by atoms with Crippen LogP contribution in [-0.2, 0) is 0 Å². The van der Waals surface area contributed by atoms with Crippen LogP contribution < -0.4 is 10.6 Å². The molecule has 0 saturated carbocycles. The van der Waals surface area contributed by atoms with E-state index in [4.69, 9.17) is 5.73 Å². The molecule has 0 saturated heterocycles. The van der Waals surface area contributed by atoms with Gasteiger partial charge >= 0.3 is 0 Å². The smallest absolute Gasteiger partial charge is 0.0525 e. The number of nitrogen functional groups attached to an aromatic ring is 1. The molecule has 1 aromatic rings. The Labute approximate surface area is 99.6 Å². The number of nitrogens with two attached hydrogens (primary N) is 1. The van der Waals surface area contributed by atoms with Gasteiger partial charge < -0.3 is 10.6 Å². The van der Waals surface area contributed by atoms with Crippen LogP contribution in [0.25, 0.3) is 0 Å². The molecule has 0 spiro atoms. The first-order chi connectivity index (χ1) is 7.31. The minimum atomic E-state index is 0.866. The zero-order valence-electron chi connectivity index (χ0n) is 8.90. The predicted molar refractivity (Wildman–Crippen MR) is 72.2 cm³/mol. The summed E-state index contributed by atoms with van der Waals surface area (Å²) >= 11 is 3.83. The van der Waals surface area contributed by atoms with Gasteiger partial charge in [-0.05, 0) is 24.5 Å². The van der Waals surface area contributed by atoms with Crippen molar-refractivity contribution in [2.45, 2.75) is 4.90 Å². The minimum Gasteiger partial charge on any atom is -0.399 e. The summed E-state index contributed by atoms with van der Waals surface area (Å²) in [6.07, 6.45) is 2.15. The molecule has 2 N–H and O–H groups in total. The Morgan fingerprint density at radius 3 is 3.20 bits per heavy atom. The van der Waals surface area contributed by atoms with Crippen molar-refractivity contribution in [1.82, 2.24) is 0 Å². The molecule has 1 aliphatic heterocycles. The maximum atomic E-state index is 5.83. The van der Waals surface area contributed by atoms with Crippen LogP contribution in [0.5, 0.6) is 0 Å². The summed E-state index contributed by atoms with van der Waals surface area (Å²) in [6, 6.07) is 6.23. The number of rotatable bonds is 3. The van der Waals surface area contributed by atoms with Gasteiger partial charge in [0.1, 0.15) is 0 Å². The number of fused-ring (bicyclic) bond motifs is 1. The van der Waals surface area contributed by atoms with E-state index in [1.54, 1.807) is 0 Å². The minimum absolute atomic E-state index is 0.866. The van der Waals surface area contributed by atoms with Crippen LogP contribution in [0.3, 0.4) is 0 Å². The zero-order chi connectivity index (χ0) is 10.7. The van der Waals surface area contributed by atoms with E-state index in [0.29, 0.717) is 0 Å². The highest BCUT2D eigenvalue weighted by Gasteiger charge is 2.16. The Bertz CT molecular complexity index is 341. The molecule has 0 amide bonds. The summed E-state index contributed by atoms with van der Waals surface area (Å²) in [4.78, 5) is 3.81. The van der Waals surface area contributed by atoms with Crippen LogP contribution in [0, 0.1) is 0 Å². The lowest BCUT2D eigenvalue weighted by molar-refractivity contribution is 0.856. The van der Waals surface area contributed by atoms with E-state index in [9.17, 15) is 0 Å². The SMILES string of the molecule is CSCCN1CCSc2ccc(N)cc21. The molecule has 2 rings (SSSR count). The lowest BCUT2D eigenvalue weighted by Gasteiger charge is -2.30. The second-order valence-electron chi connectivity index (χ2n) is 3.56. The molecule has 82 valence electrons. The fourth-order valence-corrected chi connectivity index (χ4v) is 3.16. The van der Waals surface area contributed by atoms with Gasteiger partial charge in [-0.25, -0.2) is 0 Å². The van der Waals surface area contributed by atoms with Gasteiger partial charge in [-0.3, -0.25) is 0 Å². The molecule has 0 unspecified atom stereocenters. The second kappa shape index (κ2) is 5.03. The molecule has 0 bridgehead atoms. The molecule has 15 heavy (non-hydrogen) atoms. The van der Waals surface area contributed by atoms with Crippen LogP contribution >= 0.6 is 23.5 Å². The van der Waals surface area contributed by atoms with Crippen molar-refractivity contribution in [2.75, 3.05) is 41.5 Å². The molecule has 0 atom stereocenters. The number of anilines is 2. The van der Waals surface area contributed by atoms with Gasteiger partial charge in [0.05, 0.1) is 5.69 Å². The molecule has 0 aliphatic carbocycles. The molecule has 1 aromatic carbocycles. The number of hydrogen-bond donors (Lipinski definition) is 1. The van der Waals surface area contributed by atoms with E-state index in [0.717, 1.165) is 18.8 Å². The summed E-state index contributed by atoms with van der Waals surface area (Å²) in [5.41, 5.74) is 8.02. The molecule has 0 fully saturated rings. The lowest BCUT2D eigenvalue weighted by Crippen LogP contribution is -2.31. The summed E-state index contributed by atoms with van der Waals surface area (Å²) in [7, 11) is 0. The van der Waals surface area contributed by atoms with Crippen LogP contribution in [0.15, 0.2) is 23.1 Å². The average Bonchev–Trinajstić information content (AvgIpc) is 2.26. The van der Waals surface area contributed by atoms with Crippen molar-refractivity contribution in [3.05, 3.63) is 18.2 Å². The summed E-state index contributed by atoms with van der Waals surface area (Å²) in [5, 5.41) is 0. The van der Waals surface area contributed by atoms with Crippen molar-refractivity contribution in [1.29, 1.82) is 0 Å². The van der Waals surface area contributed by atoms with Crippen molar-refractivity contribution in [3.63, 3.8) is 0 Å². The Hall–Kier alpha value is -0.480. The topological polar surface area (TPSA) is 29.3 Å². The molecule has 0 aromatic heterocycles. The fourth-order valence-electron chi connectivity index (χ4n) is 1.72. The first kappa shape index (κ1) is 11.0. The molecule has 0 radical (unpaired) electrons. The molecule has 2 nitrogen and oxygen atoms in total. The van der Waals surface area contributed by atoms with Crippen LogP contribution in [0.4, 0.5) is 11.4 Å². The van der Waals surface area contributed by atoms with E-state index >= 15 is 0 Å². The zero-order valence-corrected chi connectivity index (χ0v) is 10.5. The van der Waals surface area contributed by atoms with E-state index in [1.807, 2.05) is 29.6 Å². The Kier molecular flexibility index (Phi) is 3.70. The van der Waals surface area contributed by atoms with Gasteiger partial charge in [0, 0.05) is 35.2 Å². The summed E-state index contributed by atoms with van der Waals surface area (Å²) in [5.74, 6) is 2.37. The normalized spacial score (nSPS) is 15.1. The van der Waals surface area contributed by atoms with Gasteiger partial charge in [-0.2, -0.15) is 11.8 Å². The first-order valence-corrected chi connectivity index (χ1v) is 7.45. The maximum Gasteiger partial charge on any atom is 0.0525 e. The molecular weight excluding hydrogens is 224 g/mol. The molecule has 1 heterocycles.